The van der Waals surface area contributed by atoms with Crippen molar-refractivity contribution in [3.8, 4) is 5.75 Å². The SMILES string of the molecule is COc1cc(C(F)(F)F)ccc1[C@H](N)C(C)(C)CO. The Bertz CT molecular complexity index is 444. The van der Waals surface area contributed by atoms with Crippen LogP contribution in [-0.2, 0) is 6.18 Å². The molecule has 0 fully saturated rings. The Morgan fingerprint density at radius 3 is 2.32 bits per heavy atom. The number of hydrogen-bond donors (Lipinski definition) is 2. The summed E-state index contributed by atoms with van der Waals surface area (Å²) in [5.41, 5.74) is 4.99. The smallest absolute Gasteiger partial charge is 0.416 e. The van der Waals surface area contributed by atoms with Crippen molar-refractivity contribution >= 4 is 0 Å². The molecule has 3 N–H and O–H groups in total. The Hall–Kier alpha value is -1.27. The molecule has 0 aliphatic carbocycles. The minimum atomic E-state index is -4.43. The summed E-state index contributed by atoms with van der Waals surface area (Å²) in [4.78, 5) is 0. The lowest BCUT2D eigenvalue weighted by Gasteiger charge is -2.31. The van der Waals surface area contributed by atoms with Gasteiger partial charge in [0, 0.05) is 23.6 Å². The predicted octanol–water partition coefficient (Wildman–Crippen LogP) is 2.73. The summed E-state index contributed by atoms with van der Waals surface area (Å²) in [5.74, 6) is 0.0730. The van der Waals surface area contributed by atoms with E-state index in [2.05, 4.69) is 0 Å². The van der Waals surface area contributed by atoms with Gasteiger partial charge in [-0.25, -0.2) is 0 Å². The first-order valence-electron chi connectivity index (χ1n) is 5.75. The van der Waals surface area contributed by atoms with Crippen molar-refractivity contribution in [1.82, 2.24) is 0 Å². The number of hydrogen-bond acceptors (Lipinski definition) is 3. The molecule has 1 aromatic carbocycles. The molecule has 0 unspecified atom stereocenters. The molecule has 0 bridgehead atoms. The van der Waals surface area contributed by atoms with Gasteiger partial charge < -0.3 is 15.6 Å². The maximum absolute atomic E-state index is 12.6. The number of aliphatic hydroxyl groups is 1. The standard InChI is InChI=1S/C13H18F3NO2/c1-12(2,7-18)11(17)9-5-4-8(13(14,15)16)6-10(9)19-3/h4-6,11,18H,7,17H2,1-3H3/t11-/m0/s1. The summed E-state index contributed by atoms with van der Waals surface area (Å²) in [6.45, 7) is 3.28. The summed E-state index contributed by atoms with van der Waals surface area (Å²) in [5, 5.41) is 9.27. The Kier molecular flexibility index (Phi) is 4.47. The average molecular weight is 277 g/mol. The monoisotopic (exact) mass is 277 g/mol. The predicted molar refractivity (Wildman–Crippen MR) is 65.8 cm³/mol. The number of benzene rings is 1. The highest BCUT2D eigenvalue weighted by Crippen LogP contribution is 2.39. The van der Waals surface area contributed by atoms with Crippen LogP contribution in [0.5, 0.6) is 5.75 Å². The third kappa shape index (κ3) is 3.39. The molecule has 0 aliphatic heterocycles. The summed E-state index contributed by atoms with van der Waals surface area (Å²) in [6.07, 6.45) is -4.43. The maximum atomic E-state index is 12.6. The van der Waals surface area contributed by atoms with E-state index in [1.807, 2.05) is 0 Å². The molecule has 0 radical (unpaired) electrons. The Morgan fingerprint density at radius 2 is 1.89 bits per heavy atom. The zero-order valence-electron chi connectivity index (χ0n) is 11.1. The highest BCUT2D eigenvalue weighted by molar-refractivity contribution is 5.41. The number of alkyl halides is 3. The number of methoxy groups -OCH3 is 1. The summed E-state index contributed by atoms with van der Waals surface area (Å²) in [6, 6.07) is 2.55. The summed E-state index contributed by atoms with van der Waals surface area (Å²) < 4.78 is 42.8. The van der Waals surface area contributed by atoms with E-state index in [1.54, 1.807) is 13.8 Å². The van der Waals surface area contributed by atoms with Crippen molar-refractivity contribution < 1.29 is 23.0 Å². The third-order valence-electron chi connectivity index (χ3n) is 3.15. The fourth-order valence-corrected chi connectivity index (χ4v) is 1.66. The van der Waals surface area contributed by atoms with E-state index in [9.17, 15) is 18.3 Å². The van der Waals surface area contributed by atoms with Gasteiger partial charge in [-0.05, 0) is 12.1 Å². The van der Waals surface area contributed by atoms with Crippen molar-refractivity contribution in [3.63, 3.8) is 0 Å². The van der Waals surface area contributed by atoms with E-state index in [0.29, 0.717) is 5.56 Å². The molecule has 1 atom stereocenters. The van der Waals surface area contributed by atoms with Crippen LogP contribution in [0.2, 0.25) is 0 Å². The first-order valence-corrected chi connectivity index (χ1v) is 5.75. The highest BCUT2D eigenvalue weighted by Gasteiger charge is 2.34. The molecule has 0 heterocycles. The number of aliphatic hydroxyl groups excluding tert-OH is 1. The number of ether oxygens (including phenoxy) is 1. The van der Waals surface area contributed by atoms with Gasteiger partial charge in [0.15, 0.2) is 0 Å². The maximum Gasteiger partial charge on any atom is 0.416 e. The fourth-order valence-electron chi connectivity index (χ4n) is 1.66. The zero-order valence-corrected chi connectivity index (χ0v) is 11.1. The second-order valence-corrected chi connectivity index (χ2v) is 5.08. The molecule has 0 aliphatic rings. The molecule has 108 valence electrons. The van der Waals surface area contributed by atoms with E-state index in [4.69, 9.17) is 10.5 Å². The van der Waals surface area contributed by atoms with Crippen LogP contribution in [0.1, 0.15) is 31.0 Å². The lowest BCUT2D eigenvalue weighted by atomic mass is 9.81. The second kappa shape index (κ2) is 5.38. The molecule has 0 saturated heterocycles. The number of rotatable bonds is 4. The quantitative estimate of drug-likeness (QED) is 0.889. The molecule has 6 heteroatoms. The zero-order chi connectivity index (χ0) is 14.8. The van der Waals surface area contributed by atoms with Crippen molar-refractivity contribution in [3.05, 3.63) is 29.3 Å². The van der Waals surface area contributed by atoms with Crippen LogP contribution in [0.25, 0.3) is 0 Å². The van der Waals surface area contributed by atoms with Crippen molar-refractivity contribution in [2.24, 2.45) is 11.1 Å². The van der Waals surface area contributed by atoms with Crippen LogP contribution in [0, 0.1) is 5.41 Å². The first kappa shape index (κ1) is 15.8. The van der Waals surface area contributed by atoms with Gasteiger partial charge in [-0.2, -0.15) is 13.2 Å². The summed E-state index contributed by atoms with van der Waals surface area (Å²) in [7, 11) is 1.29. The van der Waals surface area contributed by atoms with Crippen LogP contribution >= 0.6 is 0 Å². The lowest BCUT2D eigenvalue weighted by Crippen LogP contribution is -2.32. The minimum Gasteiger partial charge on any atom is -0.496 e. The van der Waals surface area contributed by atoms with Gasteiger partial charge in [-0.15, -0.1) is 0 Å². The van der Waals surface area contributed by atoms with E-state index in [1.165, 1.54) is 13.2 Å². The van der Waals surface area contributed by atoms with Crippen LogP contribution in [0.4, 0.5) is 13.2 Å². The van der Waals surface area contributed by atoms with Gasteiger partial charge in [0.05, 0.1) is 12.7 Å². The summed E-state index contributed by atoms with van der Waals surface area (Å²) >= 11 is 0. The number of halogens is 3. The van der Waals surface area contributed by atoms with E-state index >= 15 is 0 Å². The molecular weight excluding hydrogens is 259 g/mol. The molecule has 1 aromatic rings. The second-order valence-electron chi connectivity index (χ2n) is 5.08. The van der Waals surface area contributed by atoms with Gasteiger partial charge in [-0.3, -0.25) is 0 Å². The Balaban J connectivity index is 3.24. The average Bonchev–Trinajstić information content (AvgIpc) is 2.35. The Labute approximate surface area is 110 Å². The van der Waals surface area contributed by atoms with Crippen LogP contribution in [0.3, 0.4) is 0 Å². The van der Waals surface area contributed by atoms with Crippen LogP contribution in [-0.4, -0.2) is 18.8 Å². The van der Waals surface area contributed by atoms with E-state index in [-0.39, 0.29) is 12.4 Å². The molecular formula is C13H18F3NO2. The van der Waals surface area contributed by atoms with Gasteiger partial charge in [-0.1, -0.05) is 19.9 Å². The molecule has 1 rings (SSSR count). The molecule has 0 spiro atoms. The number of nitrogens with two attached hydrogens (primary N) is 1. The molecule has 0 aromatic heterocycles. The normalized spacial score (nSPS) is 14.3. The minimum absolute atomic E-state index is 0.0730. The van der Waals surface area contributed by atoms with E-state index in [0.717, 1.165) is 12.1 Å². The van der Waals surface area contributed by atoms with Crippen LogP contribution < -0.4 is 10.5 Å². The van der Waals surface area contributed by atoms with E-state index < -0.39 is 23.2 Å². The van der Waals surface area contributed by atoms with Gasteiger partial charge >= 0.3 is 6.18 Å². The fraction of sp³-hybridized carbons (Fsp3) is 0.538. The van der Waals surface area contributed by atoms with Gasteiger partial charge in [0.2, 0.25) is 0 Å². The molecule has 0 amide bonds. The van der Waals surface area contributed by atoms with Crippen molar-refractivity contribution in [2.45, 2.75) is 26.1 Å². The Morgan fingerprint density at radius 1 is 1.32 bits per heavy atom. The largest absolute Gasteiger partial charge is 0.496 e. The van der Waals surface area contributed by atoms with Crippen molar-refractivity contribution in [2.75, 3.05) is 13.7 Å². The third-order valence-corrected chi connectivity index (χ3v) is 3.15. The highest BCUT2D eigenvalue weighted by atomic mass is 19.4. The first-order chi connectivity index (χ1) is 8.63. The van der Waals surface area contributed by atoms with Gasteiger partial charge in [0.1, 0.15) is 5.75 Å². The topological polar surface area (TPSA) is 55.5 Å². The van der Waals surface area contributed by atoms with Crippen molar-refractivity contribution in [1.29, 1.82) is 0 Å². The molecule has 0 saturated carbocycles. The molecule has 3 nitrogen and oxygen atoms in total. The lowest BCUT2D eigenvalue weighted by molar-refractivity contribution is -0.137. The van der Waals surface area contributed by atoms with Crippen LogP contribution in [0.15, 0.2) is 18.2 Å². The van der Waals surface area contributed by atoms with Gasteiger partial charge in [0.25, 0.3) is 0 Å². The molecule has 19 heavy (non-hydrogen) atoms.